The molecule has 1 fully saturated rings. The molecule has 6 nitrogen and oxygen atoms in total. The molecule has 0 aliphatic carbocycles. The molecule has 1 aromatic heterocycles. The van der Waals surface area contributed by atoms with E-state index < -0.39 is 18.0 Å². The smallest absolute Gasteiger partial charge is 0.327 e. The van der Waals surface area contributed by atoms with Crippen LogP contribution in [0.25, 0.3) is 0 Å². The maximum Gasteiger partial charge on any atom is 0.327 e. The summed E-state index contributed by atoms with van der Waals surface area (Å²) in [6.45, 7) is 3.71. The molecule has 0 radical (unpaired) electrons. The van der Waals surface area contributed by atoms with Crippen LogP contribution in [-0.2, 0) is 4.79 Å². The van der Waals surface area contributed by atoms with Crippen molar-refractivity contribution in [3.63, 3.8) is 0 Å². The molecule has 2 N–H and O–H groups in total. The van der Waals surface area contributed by atoms with Crippen LogP contribution in [0.4, 0.5) is 9.93 Å². The molecule has 2 heterocycles. The molecule has 2 rings (SSSR count). The van der Waals surface area contributed by atoms with E-state index in [1.807, 2.05) is 13.8 Å². The second kappa shape index (κ2) is 5.15. The zero-order valence-electron chi connectivity index (χ0n) is 9.91. The van der Waals surface area contributed by atoms with Gasteiger partial charge < -0.3 is 5.11 Å². The van der Waals surface area contributed by atoms with E-state index in [9.17, 15) is 9.59 Å². The minimum absolute atomic E-state index is 0.146. The fraction of sp³-hybridized carbons (Fsp3) is 0.500. The van der Waals surface area contributed by atoms with Crippen LogP contribution in [0, 0.1) is 6.92 Å². The number of aryl methyl sites for hydroxylation is 1. The largest absolute Gasteiger partial charge is 0.480 e. The van der Waals surface area contributed by atoms with Gasteiger partial charge in [0.25, 0.3) is 0 Å². The monoisotopic (exact) mass is 287 g/mol. The molecule has 1 aliphatic heterocycles. The number of anilines is 1. The quantitative estimate of drug-likeness (QED) is 0.867. The lowest BCUT2D eigenvalue weighted by atomic mass is 10.3. The first-order valence-electron chi connectivity index (χ1n) is 5.35. The Kier molecular flexibility index (Phi) is 3.76. The van der Waals surface area contributed by atoms with Crippen molar-refractivity contribution in [2.45, 2.75) is 25.3 Å². The minimum atomic E-state index is -0.975. The number of urea groups is 1. The minimum Gasteiger partial charge on any atom is -0.480 e. The van der Waals surface area contributed by atoms with Crippen LogP contribution in [0.1, 0.15) is 11.8 Å². The molecule has 2 atom stereocenters. The standard InChI is InChI=1S/C10H13N3O3S2/c1-5-3-11-9(18-5)12-10(16)13-6(2)17-4-7(13)8(14)15/h3,6-7H,4H2,1-2H3,(H,14,15)(H,11,12,16). The van der Waals surface area contributed by atoms with E-state index in [2.05, 4.69) is 10.3 Å². The number of carboxylic acid groups (broad SMARTS) is 1. The number of hydrogen-bond acceptors (Lipinski definition) is 5. The zero-order chi connectivity index (χ0) is 13.3. The molecule has 8 heteroatoms. The van der Waals surface area contributed by atoms with E-state index in [0.717, 1.165) is 4.88 Å². The third kappa shape index (κ3) is 2.59. The fourth-order valence-corrected chi connectivity index (χ4v) is 3.53. The van der Waals surface area contributed by atoms with Crippen molar-refractivity contribution in [1.29, 1.82) is 0 Å². The van der Waals surface area contributed by atoms with E-state index in [-0.39, 0.29) is 5.37 Å². The Morgan fingerprint density at radius 3 is 2.89 bits per heavy atom. The highest BCUT2D eigenvalue weighted by molar-refractivity contribution is 8.00. The molecule has 2 unspecified atom stereocenters. The number of nitrogens with one attached hydrogen (secondary N) is 1. The van der Waals surface area contributed by atoms with Gasteiger partial charge in [-0.2, -0.15) is 0 Å². The summed E-state index contributed by atoms with van der Waals surface area (Å²) in [5.74, 6) is -0.557. The number of carboxylic acids is 1. The van der Waals surface area contributed by atoms with Gasteiger partial charge in [-0.1, -0.05) is 0 Å². The van der Waals surface area contributed by atoms with E-state index in [0.29, 0.717) is 10.9 Å². The first-order valence-corrected chi connectivity index (χ1v) is 7.21. The lowest BCUT2D eigenvalue weighted by Gasteiger charge is -2.24. The van der Waals surface area contributed by atoms with Gasteiger partial charge >= 0.3 is 12.0 Å². The van der Waals surface area contributed by atoms with Crippen molar-refractivity contribution in [2.75, 3.05) is 11.1 Å². The molecule has 98 valence electrons. The van der Waals surface area contributed by atoms with Crippen LogP contribution in [0.5, 0.6) is 0 Å². The van der Waals surface area contributed by atoms with Crippen molar-refractivity contribution in [3.8, 4) is 0 Å². The summed E-state index contributed by atoms with van der Waals surface area (Å²) < 4.78 is 0. The molecule has 18 heavy (non-hydrogen) atoms. The van der Waals surface area contributed by atoms with Crippen LogP contribution >= 0.6 is 23.1 Å². The van der Waals surface area contributed by atoms with Gasteiger partial charge in [0.05, 0.1) is 5.37 Å². The second-order valence-corrected chi connectivity index (χ2v) is 6.48. The van der Waals surface area contributed by atoms with E-state index in [1.54, 1.807) is 6.20 Å². The molecular formula is C10H13N3O3S2. The van der Waals surface area contributed by atoms with Gasteiger partial charge in [0.15, 0.2) is 5.13 Å². The first-order chi connectivity index (χ1) is 8.49. The van der Waals surface area contributed by atoms with Crippen LogP contribution in [0.3, 0.4) is 0 Å². The maximum atomic E-state index is 12.1. The van der Waals surface area contributed by atoms with E-state index >= 15 is 0 Å². The predicted octanol–water partition coefficient (Wildman–Crippen LogP) is 1.83. The van der Waals surface area contributed by atoms with Crippen molar-refractivity contribution < 1.29 is 14.7 Å². The van der Waals surface area contributed by atoms with Crippen molar-refractivity contribution in [3.05, 3.63) is 11.1 Å². The Bertz CT molecular complexity index is 477. The molecule has 1 saturated heterocycles. The maximum absolute atomic E-state index is 12.1. The lowest BCUT2D eigenvalue weighted by molar-refractivity contribution is -0.141. The Balaban J connectivity index is 2.09. The summed E-state index contributed by atoms with van der Waals surface area (Å²) in [5.41, 5.74) is 0. The number of aliphatic carboxylic acids is 1. The Morgan fingerprint density at radius 2 is 2.33 bits per heavy atom. The summed E-state index contributed by atoms with van der Waals surface area (Å²) in [6.07, 6.45) is 1.66. The van der Waals surface area contributed by atoms with Gasteiger partial charge in [-0.3, -0.25) is 10.2 Å². The second-order valence-electron chi connectivity index (χ2n) is 3.90. The zero-order valence-corrected chi connectivity index (χ0v) is 11.5. The molecular weight excluding hydrogens is 274 g/mol. The number of nitrogens with zero attached hydrogens (tertiary/aromatic N) is 2. The molecule has 1 aromatic rings. The number of thioether (sulfide) groups is 1. The van der Waals surface area contributed by atoms with Crippen molar-refractivity contribution >= 4 is 40.2 Å². The SMILES string of the molecule is Cc1cnc(NC(=O)N2C(C)SCC2C(=O)O)s1. The number of carbonyl (C=O) groups is 2. The third-order valence-electron chi connectivity index (χ3n) is 2.58. The summed E-state index contributed by atoms with van der Waals surface area (Å²) in [5, 5.41) is 12.1. The van der Waals surface area contributed by atoms with Crippen molar-refractivity contribution in [2.24, 2.45) is 0 Å². The molecule has 0 spiro atoms. The average molecular weight is 287 g/mol. The van der Waals surface area contributed by atoms with Gasteiger partial charge in [0.1, 0.15) is 6.04 Å². The van der Waals surface area contributed by atoms with E-state index in [1.165, 1.54) is 28.0 Å². The van der Waals surface area contributed by atoms with Gasteiger partial charge in [-0.15, -0.1) is 23.1 Å². The van der Waals surface area contributed by atoms with E-state index in [4.69, 9.17) is 5.11 Å². The number of rotatable bonds is 2. The number of hydrogen-bond donors (Lipinski definition) is 2. The number of aromatic nitrogens is 1. The van der Waals surface area contributed by atoms with Crippen LogP contribution in [0.15, 0.2) is 6.20 Å². The predicted molar refractivity (Wildman–Crippen MR) is 71.1 cm³/mol. The summed E-state index contributed by atoms with van der Waals surface area (Å²) in [4.78, 5) is 29.5. The lowest BCUT2D eigenvalue weighted by Crippen LogP contribution is -2.46. The summed E-state index contributed by atoms with van der Waals surface area (Å²) in [7, 11) is 0. The van der Waals surface area contributed by atoms with Gasteiger partial charge in [0.2, 0.25) is 0 Å². The first kappa shape index (κ1) is 13.2. The molecule has 0 bridgehead atoms. The number of thiazole rings is 1. The molecule has 0 saturated carbocycles. The summed E-state index contributed by atoms with van der Waals surface area (Å²) >= 11 is 2.81. The highest BCUT2D eigenvalue weighted by atomic mass is 32.2. The highest BCUT2D eigenvalue weighted by Gasteiger charge is 2.39. The van der Waals surface area contributed by atoms with Crippen LogP contribution < -0.4 is 5.32 Å². The summed E-state index contributed by atoms with van der Waals surface area (Å²) in [6, 6.07) is -1.18. The average Bonchev–Trinajstić information content (AvgIpc) is 2.85. The molecule has 0 aromatic carbocycles. The van der Waals surface area contributed by atoms with Gasteiger partial charge in [0, 0.05) is 16.8 Å². The molecule has 1 aliphatic rings. The topological polar surface area (TPSA) is 82.5 Å². The number of carbonyl (C=O) groups excluding carboxylic acids is 1. The Morgan fingerprint density at radius 1 is 1.61 bits per heavy atom. The number of amides is 2. The van der Waals surface area contributed by atoms with Gasteiger partial charge in [-0.25, -0.2) is 14.6 Å². The van der Waals surface area contributed by atoms with Crippen LogP contribution in [0.2, 0.25) is 0 Å². The Hall–Kier alpha value is -1.28. The molecule has 2 amide bonds. The highest BCUT2D eigenvalue weighted by Crippen LogP contribution is 2.29. The normalized spacial score (nSPS) is 23.1. The van der Waals surface area contributed by atoms with Crippen molar-refractivity contribution in [1.82, 2.24) is 9.88 Å². The Labute approximate surface area is 112 Å². The van der Waals surface area contributed by atoms with Gasteiger partial charge in [-0.05, 0) is 13.8 Å². The third-order valence-corrected chi connectivity index (χ3v) is 4.62. The fourth-order valence-electron chi connectivity index (χ4n) is 1.71. The van der Waals surface area contributed by atoms with Crippen LogP contribution in [-0.4, -0.2) is 44.2 Å².